The number of aromatic nitrogens is 2. The van der Waals surface area contributed by atoms with Gasteiger partial charge in [0.25, 0.3) is 0 Å². The molecule has 0 unspecified atom stereocenters. The quantitative estimate of drug-likeness (QED) is 0.669. The van der Waals surface area contributed by atoms with Crippen LogP contribution in [0.15, 0.2) is 44.9 Å². The molecule has 106 valence electrons. The third-order valence-electron chi connectivity index (χ3n) is 2.96. The van der Waals surface area contributed by atoms with Crippen LogP contribution in [0.25, 0.3) is 0 Å². The van der Waals surface area contributed by atoms with Crippen molar-refractivity contribution in [2.24, 2.45) is 0 Å². The van der Waals surface area contributed by atoms with Gasteiger partial charge in [0.1, 0.15) is 15.5 Å². The molecule has 0 fully saturated rings. The van der Waals surface area contributed by atoms with Gasteiger partial charge in [-0.05, 0) is 46.0 Å². The first-order chi connectivity index (χ1) is 9.58. The van der Waals surface area contributed by atoms with Crippen molar-refractivity contribution in [1.29, 1.82) is 0 Å². The summed E-state index contributed by atoms with van der Waals surface area (Å²) in [5.41, 5.74) is 1.37. The molecule has 1 heterocycles. The molecular weight excluding hydrogens is 332 g/mol. The zero-order valence-corrected chi connectivity index (χ0v) is 14.5. The first-order valence-electron chi connectivity index (χ1n) is 6.89. The zero-order chi connectivity index (χ0) is 14.5. The molecule has 1 aromatic carbocycles. The maximum atomic E-state index is 4.60. The Labute approximate surface area is 133 Å². The van der Waals surface area contributed by atoms with Gasteiger partial charge in [0, 0.05) is 17.4 Å². The Hall–Kier alpha value is -0.870. The molecule has 2 rings (SSSR count). The molecular formula is C16H19BrN2S. The third kappa shape index (κ3) is 4.32. The van der Waals surface area contributed by atoms with E-state index in [2.05, 4.69) is 70.9 Å². The van der Waals surface area contributed by atoms with Crippen molar-refractivity contribution in [3.8, 4) is 0 Å². The summed E-state index contributed by atoms with van der Waals surface area (Å²) in [5, 5.41) is 0.993. The molecule has 0 aliphatic heterocycles. The summed E-state index contributed by atoms with van der Waals surface area (Å²) in [6, 6.07) is 10.7. The lowest BCUT2D eigenvalue weighted by atomic mass is 10.0. The van der Waals surface area contributed by atoms with Gasteiger partial charge in [-0.3, -0.25) is 0 Å². The predicted molar refractivity (Wildman–Crippen MR) is 88.4 cm³/mol. The normalized spacial score (nSPS) is 11.1. The predicted octanol–water partition coefficient (Wildman–Crippen LogP) is 5.47. The van der Waals surface area contributed by atoms with Gasteiger partial charge in [-0.1, -0.05) is 44.7 Å². The van der Waals surface area contributed by atoms with Crippen LogP contribution < -0.4 is 0 Å². The molecule has 2 nitrogen and oxygen atoms in total. The monoisotopic (exact) mass is 350 g/mol. The highest BCUT2D eigenvalue weighted by molar-refractivity contribution is 9.10. The van der Waals surface area contributed by atoms with E-state index in [1.54, 1.807) is 11.8 Å². The molecule has 0 N–H and O–H groups in total. The summed E-state index contributed by atoms with van der Waals surface area (Å²) in [5.74, 6) is 1.47. The van der Waals surface area contributed by atoms with Crippen molar-refractivity contribution in [3.63, 3.8) is 0 Å². The van der Waals surface area contributed by atoms with E-state index in [-0.39, 0.29) is 0 Å². The molecule has 0 spiro atoms. The molecule has 0 saturated heterocycles. The Morgan fingerprint density at radius 3 is 2.45 bits per heavy atom. The summed E-state index contributed by atoms with van der Waals surface area (Å²) in [6.45, 7) is 6.56. The highest BCUT2D eigenvalue weighted by Gasteiger charge is 2.05. The Morgan fingerprint density at radius 1 is 1.15 bits per heavy atom. The molecule has 0 radical (unpaired) electrons. The fourth-order valence-electron chi connectivity index (χ4n) is 1.87. The van der Waals surface area contributed by atoms with Crippen LogP contribution in [0, 0.1) is 0 Å². The second-order valence-electron chi connectivity index (χ2n) is 5.02. The Bertz CT molecular complexity index is 567. The summed E-state index contributed by atoms with van der Waals surface area (Å²) in [7, 11) is 0. The fraction of sp³-hybridized carbons (Fsp3) is 0.375. The minimum atomic E-state index is 0.568. The molecule has 0 aliphatic rings. The first kappa shape index (κ1) is 15.5. The number of hydrogen-bond donors (Lipinski definition) is 0. The van der Waals surface area contributed by atoms with Crippen LogP contribution in [0.1, 0.15) is 44.5 Å². The highest BCUT2D eigenvalue weighted by atomic mass is 79.9. The van der Waals surface area contributed by atoms with Gasteiger partial charge in [0.05, 0.1) is 0 Å². The smallest absolute Gasteiger partial charge is 0.130 e. The van der Waals surface area contributed by atoms with Crippen LogP contribution in [0.5, 0.6) is 0 Å². The van der Waals surface area contributed by atoms with Gasteiger partial charge < -0.3 is 0 Å². The van der Waals surface area contributed by atoms with E-state index >= 15 is 0 Å². The van der Waals surface area contributed by atoms with E-state index in [1.807, 2.05) is 6.07 Å². The van der Waals surface area contributed by atoms with Crippen molar-refractivity contribution >= 4 is 27.7 Å². The number of rotatable bonds is 5. The average molecular weight is 351 g/mol. The van der Waals surface area contributed by atoms with Crippen LogP contribution >= 0.6 is 27.7 Å². The molecule has 0 atom stereocenters. The lowest BCUT2D eigenvalue weighted by molar-refractivity contribution is 0.803. The Kier molecular flexibility index (Phi) is 5.61. The third-order valence-corrected chi connectivity index (χ3v) is 4.29. The summed E-state index contributed by atoms with van der Waals surface area (Å²) in [4.78, 5) is 10.2. The second kappa shape index (κ2) is 7.23. The van der Waals surface area contributed by atoms with Gasteiger partial charge in [0.15, 0.2) is 0 Å². The molecule has 0 saturated carbocycles. The molecule has 1 aromatic heterocycles. The number of halogens is 1. The zero-order valence-electron chi connectivity index (χ0n) is 12.1. The van der Waals surface area contributed by atoms with Gasteiger partial charge in [-0.15, -0.1) is 0 Å². The molecule has 0 bridgehead atoms. The van der Waals surface area contributed by atoms with Crippen molar-refractivity contribution in [2.45, 2.75) is 49.5 Å². The van der Waals surface area contributed by atoms with Gasteiger partial charge in [0.2, 0.25) is 0 Å². The number of aryl methyl sites for hydroxylation is 1. The lowest BCUT2D eigenvalue weighted by Gasteiger charge is -2.07. The maximum Gasteiger partial charge on any atom is 0.130 e. The van der Waals surface area contributed by atoms with Crippen LogP contribution in [0.4, 0.5) is 0 Å². The van der Waals surface area contributed by atoms with Gasteiger partial charge >= 0.3 is 0 Å². The Balaban J connectivity index is 2.16. The largest absolute Gasteiger partial charge is 0.226 e. The molecule has 20 heavy (non-hydrogen) atoms. The number of hydrogen-bond acceptors (Lipinski definition) is 3. The van der Waals surface area contributed by atoms with Crippen LogP contribution in [0.3, 0.4) is 0 Å². The van der Waals surface area contributed by atoms with Gasteiger partial charge in [-0.25, -0.2) is 9.97 Å². The van der Waals surface area contributed by atoms with Crippen molar-refractivity contribution < 1.29 is 0 Å². The Morgan fingerprint density at radius 2 is 1.85 bits per heavy atom. The first-order valence-corrected chi connectivity index (χ1v) is 8.50. The van der Waals surface area contributed by atoms with E-state index in [4.69, 9.17) is 0 Å². The van der Waals surface area contributed by atoms with Crippen LogP contribution in [-0.2, 0) is 6.42 Å². The number of benzene rings is 1. The fourth-order valence-corrected chi connectivity index (χ4v) is 3.28. The summed E-state index contributed by atoms with van der Waals surface area (Å²) >= 11 is 5.14. The van der Waals surface area contributed by atoms with E-state index in [9.17, 15) is 0 Å². The standard InChI is InChI=1S/C16H19BrN2S/c1-4-5-15-18-14(17)10-16(19-15)20-13-8-6-12(7-9-13)11(2)3/h6-11H,4-5H2,1-3H3. The van der Waals surface area contributed by atoms with Crippen LogP contribution in [0.2, 0.25) is 0 Å². The molecule has 4 heteroatoms. The van der Waals surface area contributed by atoms with Crippen LogP contribution in [-0.4, -0.2) is 9.97 Å². The summed E-state index contributed by atoms with van der Waals surface area (Å²) < 4.78 is 0.859. The van der Waals surface area contributed by atoms with E-state index < -0.39 is 0 Å². The lowest BCUT2D eigenvalue weighted by Crippen LogP contribution is -1.96. The highest BCUT2D eigenvalue weighted by Crippen LogP contribution is 2.29. The minimum Gasteiger partial charge on any atom is -0.226 e. The summed E-state index contributed by atoms with van der Waals surface area (Å²) in [6.07, 6.45) is 1.98. The van der Waals surface area contributed by atoms with Gasteiger partial charge in [-0.2, -0.15) is 0 Å². The minimum absolute atomic E-state index is 0.568. The van der Waals surface area contributed by atoms with Crippen molar-refractivity contribution in [1.82, 2.24) is 9.97 Å². The van der Waals surface area contributed by atoms with Crippen molar-refractivity contribution in [2.75, 3.05) is 0 Å². The average Bonchev–Trinajstić information content (AvgIpc) is 2.39. The van der Waals surface area contributed by atoms with E-state index in [0.29, 0.717) is 5.92 Å². The molecule has 0 aliphatic carbocycles. The molecule has 2 aromatic rings. The van der Waals surface area contributed by atoms with Crippen molar-refractivity contribution in [3.05, 3.63) is 46.3 Å². The van der Waals surface area contributed by atoms with E-state index in [1.165, 1.54) is 10.5 Å². The SMILES string of the molecule is CCCc1nc(Br)cc(Sc2ccc(C(C)C)cc2)n1. The topological polar surface area (TPSA) is 25.8 Å². The maximum absolute atomic E-state index is 4.60. The second-order valence-corrected chi connectivity index (χ2v) is 6.93. The number of nitrogens with zero attached hydrogens (tertiary/aromatic N) is 2. The van der Waals surface area contributed by atoms with E-state index in [0.717, 1.165) is 28.3 Å². The molecule has 0 amide bonds.